The molecule has 12 heavy (non-hydrogen) atoms. The maximum atomic E-state index is 4.34. The first kappa shape index (κ1) is 12.3. The van der Waals surface area contributed by atoms with Crippen LogP contribution in [0.15, 0.2) is 22.6 Å². The minimum Gasteiger partial charge on any atom is -0.148 e. The van der Waals surface area contributed by atoms with Crippen LogP contribution in [0.2, 0.25) is 0 Å². The lowest BCUT2D eigenvalue weighted by atomic mass is 10.1. The Kier molecular flexibility index (Phi) is 8.14. The number of hydrogen-bond acceptors (Lipinski definition) is 1. The summed E-state index contributed by atoms with van der Waals surface area (Å²) in [4.78, 5) is 1.17. The first-order chi connectivity index (χ1) is 5.70. The Labute approximate surface area is 89.7 Å². The standard InChI is InChI=1S/C10H17BrS/c1-3-9(2)5-4-6-10(12)7-8-11/h5,7,12H,3-4,6,8H2,1-2H3/b9-5-,10-7-. The highest BCUT2D eigenvalue weighted by Crippen LogP contribution is 2.12. The van der Waals surface area contributed by atoms with Gasteiger partial charge in [-0.2, -0.15) is 0 Å². The van der Waals surface area contributed by atoms with Gasteiger partial charge in [-0.05, 0) is 31.1 Å². The largest absolute Gasteiger partial charge is 0.148 e. The Morgan fingerprint density at radius 1 is 1.42 bits per heavy atom. The summed E-state index contributed by atoms with van der Waals surface area (Å²) in [5, 5.41) is 0.905. The summed E-state index contributed by atoms with van der Waals surface area (Å²) in [6.07, 6.45) is 7.72. The van der Waals surface area contributed by atoms with E-state index in [0.717, 1.165) is 24.6 Å². The van der Waals surface area contributed by atoms with Crippen LogP contribution in [0.25, 0.3) is 0 Å². The second-order valence-electron chi connectivity index (χ2n) is 2.79. The molecule has 0 spiro atoms. The van der Waals surface area contributed by atoms with Crippen molar-refractivity contribution in [1.82, 2.24) is 0 Å². The van der Waals surface area contributed by atoms with Crippen LogP contribution in [0, 0.1) is 0 Å². The molecule has 0 aliphatic rings. The second kappa shape index (κ2) is 7.93. The fourth-order valence-electron chi connectivity index (χ4n) is 0.802. The zero-order valence-corrected chi connectivity index (χ0v) is 10.3. The molecule has 0 bridgehead atoms. The van der Waals surface area contributed by atoms with Crippen molar-refractivity contribution in [2.75, 3.05) is 5.33 Å². The average molecular weight is 249 g/mol. The Hall–Kier alpha value is 0.310. The molecule has 0 saturated heterocycles. The highest BCUT2D eigenvalue weighted by atomic mass is 79.9. The molecule has 0 heterocycles. The Balaban J connectivity index is 3.62. The van der Waals surface area contributed by atoms with Crippen molar-refractivity contribution in [3.05, 3.63) is 22.6 Å². The van der Waals surface area contributed by atoms with Crippen LogP contribution in [0.5, 0.6) is 0 Å². The van der Waals surface area contributed by atoms with E-state index >= 15 is 0 Å². The molecule has 0 saturated carbocycles. The molecule has 0 atom stereocenters. The van der Waals surface area contributed by atoms with E-state index in [2.05, 4.69) is 54.6 Å². The third-order valence-corrected chi connectivity index (χ3v) is 2.49. The highest BCUT2D eigenvalue weighted by molar-refractivity contribution is 9.09. The maximum absolute atomic E-state index is 4.34. The van der Waals surface area contributed by atoms with Gasteiger partial charge in [0.05, 0.1) is 0 Å². The Bertz CT molecular complexity index is 171. The zero-order chi connectivity index (χ0) is 9.40. The van der Waals surface area contributed by atoms with Crippen molar-refractivity contribution >= 4 is 28.6 Å². The number of halogens is 1. The molecule has 0 rings (SSSR count). The van der Waals surface area contributed by atoms with Crippen molar-refractivity contribution in [1.29, 1.82) is 0 Å². The predicted octanol–water partition coefficient (Wildman–Crippen LogP) is 4.33. The Morgan fingerprint density at radius 3 is 2.58 bits per heavy atom. The molecule has 0 aliphatic heterocycles. The van der Waals surface area contributed by atoms with E-state index in [1.165, 1.54) is 10.5 Å². The molecule has 0 aromatic rings. The van der Waals surface area contributed by atoms with Gasteiger partial charge in [0.2, 0.25) is 0 Å². The van der Waals surface area contributed by atoms with Gasteiger partial charge < -0.3 is 0 Å². The van der Waals surface area contributed by atoms with Crippen molar-refractivity contribution in [2.45, 2.75) is 33.1 Å². The lowest BCUT2D eigenvalue weighted by Gasteiger charge is -1.97. The van der Waals surface area contributed by atoms with Crippen LogP contribution in [-0.2, 0) is 0 Å². The quantitative estimate of drug-likeness (QED) is 0.418. The lowest BCUT2D eigenvalue weighted by Crippen LogP contribution is -1.76. The van der Waals surface area contributed by atoms with Crippen molar-refractivity contribution in [3.8, 4) is 0 Å². The van der Waals surface area contributed by atoms with Gasteiger partial charge in [-0.1, -0.05) is 40.6 Å². The van der Waals surface area contributed by atoms with E-state index in [0.29, 0.717) is 0 Å². The normalized spacial score (nSPS) is 13.7. The molecule has 0 aromatic carbocycles. The van der Waals surface area contributed by atoms with Gasteiger partial charge in [0.1, 0.15) is 0 Å². The van der Waals surface area contributed by atoms with Crippen LogP contribution in [0.4, 0.5) is 0 Å². The van der Waals surface area contributed by atoms with Crippen LogP contribution >= 0.6 is 28.6 Å². The van der Waals surface area contributed by atoms with Crippen LogP contribution in [0.1, 0.15) is 33.1 Å². The van der Waals surface area contributed by atoms with Gasteiger partial charge >= 0.3 is 0 Å². The van der Waals surface area contributed by atoms with E-state index in [1.54, 1.807) is 0 Å². The smallest absolute Gasteiger partial charge is 0.0222 e. The summed E-state index contributed by atoms with van der Waals surface area (Å²) < 4.78 is 0. The number of thiol groups is 1. The highest BCUT2D eigenvalue weighted by Gasteiger charge is 1.89. The predicted molar refractivity (Wildman–Crippen MR) is 64.1 cm³/mol. The number of hydrogen-bond donors (Lipinski definition) is 1. The maximum Gasteiger partial charge on any atom is 0.0222 e. The lowest BCUT2D eigenvalue weighted by molar-refractivity contribution is 0.989. The van der Waals surface area contributed by atoms with E-state index < -0.39 is 0 Å². The monoisotopic (exact) mass is 248 g/mol. The first-order valence-corrected chi connectivity index (χ1v) is 5.87. The third kappa shape index (κ3) is 6.99. The molecule has 0 nitrogen and oxygen atoms in total. The van der Waals surface area contributed by atoms with Gasteiger partial charge in [-0.15, -0.1) is 12.6 Å². The molecule has 0 unspecified atom stereocenters. The average Bonchev–Trinajstić information content (AvgIpc) is 2.04. The Morgan fingerprint density at radius 2 is 2.08 bits per heavy atom. The van der Waals surface area contributed by atoms with Gasteiger partial charge in [-0.3, -0.25) is 0 Å². The van der Waals surface area contributed by atoms with Crippen LogP contribution in [-0.4, -0.2) is 5.33 Å². The third-order valence-electron chi connectivity index (χ3n) is 1.76. The second-order valence-corrected chi connectivity index (χ2v) is 4.01. The molecule has 0 N–H and O–H groups in total. The fourth-order valence-corrected chi connectivity index (χ4v) is 1.66. The summed E-state index contributed by atoms with van der Waals surface area (Å²) in [5.74, 6) is 0. The van der Waals surface area contributed by atoms with Gasteiger partial charge in [0, 0.05) is 5.33 Å². The number of alkyl halides is 1. The minimum absolute atomic E-state index is 0.905. The van der Waals surface area contributed by atoms with E-state index in [1.807, 2.05) is 0 Å². The van der Waals surface area contributed by atoms with E-state index in [9.17, 15) is 0 Å². The molecule has 70 valence electrons. The van der Waals surface area contributed by atoms with E-state index in [-0.39, 0.29) is 0 Å². The van der Waals surface area contributed by atoms with E-state index in [4.69, 9.17) is 0 Å². The summed E-state index contributed by atoms with van der Waals surface area (Å²) in [6, 6.07) is 0. The summed E-state index contributed by atoms with van der Waals surface area (Å²) in [5.41, 5.74) is 1.47. The molecular formula is C10H17BrS. The van der Waals surface area contributed by atoms with Gasteiger partial charge in [-0.25, -0.2) is 0 Å². The van der Waals surface area contributed by atoms with Crippen molar-refractivity contribution in [3.63, 3.8) is 0 Å². The van der Waals surface area contributed by atoms with Gasteiger partial charge in [0.15, 0.2) is 0 Å². The molecule has 0 aliphatic carbocycles. The van der Waals surface area contributed by atoms with Crippen LogP contribution < -0.4 is 0 Å². The van der Waals surface area contributed by atoms with Crippen molar-refractivity contribution in [2.24, 2.45) is 0 Å². The molecule has 0 radical (unpaired) electrons. The zero-order valence-electron chi connectivity index (χ0n) is 7.81. The SMILES string of the molecule is CC/C(C)=C\CC/C(S)=C/CBr. The fraction of sp³-hybridized carbons (Fsp3) is 0.600. The summed E-state index contributed by atoms with van der Waals surface area (Å²) in [7, 11) is 0. The molecule has 0 fully saturated rings. The molecule has 0 amide bonds. The molecule has 2 heteroatoms. The topological polar surface area (TPSA) is 0 Å². The number of rotatable bonds is 5. The molecular weight excluding hydrogens is 232 g/mol. The van der Waals surface area contributed by atoms with Crippen molar-refractivity contribution < 1.29 is 0 Å². The minimum atomic E-state index is 0.905. The first-order valence-electron chi connectivity index (χ1n) is 4.30. The molecule has 0 aromatic heterocycles. The number of allylic oxidation sites excluding steroid dienone is 4. The van der Waals surface area contributed by atoms with Gasteiger partial charge in [0.25, 0.3) is 0 Å². The van der Waals surface area contributed by atoms with Crippen LogP contribution in [0.3, 0.4) is 0 Å². The summed E-state index contributed by atoms with van der Waals surface area (Å²) in [6.45, 7) is 4.36. The summed E-state index contributed by atoms with van der Waals surface area (Å²) >= 11 is 7.69.